The molecule has 0 spiro atoms. The summed E-state index contributed by atoms with van der Waals surface area (Å²) < 4.78 is 1.55. The van der Waals surface area contributed by atoms with Crippen LogP contribution in [0.15, 0.2) is 54.9 Å². The van der Waals surface area contributed by atoms with Crippen molar-refractivity contribution in [3.8, 4) is 0 Å². The van der Waals surface area contributed by atoms with Gasteiger partial charge in [-0.15, -0.1) is 0 Å². The maximum atomic E-state index is 2.27. The summed E-state index contributed by atoms with van der Waals surface area (Å²) in [4.78, 5) is 0. The minimum Gasteiger partial charge on any atom is -1.00 e. The molecule has 0 aliphatic heterocycles. The Labute approximate surface area is 138 Å². The molecule has 0 fully saturated rings. The van der Waals surface area contributed by atoms with Crippen molar-refractivity contribution in [1.82, 2.24) is 0 Å². The van der Waals surface area contributed by atoms with Gasteiger partial charge in [-0.3, -0.25) is 0 Å². The second-order valence-electron chi connectivity index (χ2n) is 4.70. The Morgan fingerprint density at radius 2 is 1.72 bits per heavy atom. The van der Waals surface area contributed by atoms with E-state index >= 15 is 0 Å². The quantitative estimate of drug-likeness (QED) is 0.527. The molecule has 0 N–H and O–H groups in total. The van der Waals surface area contributed by atoms with Crippen LogP contribution in [0.5, 0.6) is 0 Å². The molecule has 0 saturated heterocycles. The molecule has 18 heavy (non-hydrogen) atoms. The molecular weight excluding hydrogens is 342 g/mol. The van der Waals surface area contributed by atoms with Crippen molar-refractivity contribution in [1.29, 1.82) is 0 Å². The van der Waals surface area contributed by atoms with E-state index in [4.69, 9.17) is 0 Å². The Kier molecular flexibility index (Phi) is 7.15. The Morgan fingerprint density at radius 1 is 1.11 bits per heavy atom. The van der Waals surface area contributed by atoms with Gasteiger partial charge in [-0.25, -0.2) is 0 Å². The second kappa shape index (κ2) is 7.08. The van der Waals surface area contributed by atoms with Crippen LogP contribution in [0.25, 0.3) is 0 Å². The molecule has 0 heterocycles. The van der Waals surface area contributed by atoms with Gasteiger partial charge in [0.15, 0.2) is 0 Å². The summed E-state index contributed by atoms with van der Waals surface area (Å²) in [5, 5.41) is 0. The van der Waals surface area contributed by atoms with Gasteiger partial charge in [0.1, 0.15) is 0 Å². The first kappa shape index (κ1) is 18.2. The summed E-state index contributed by atoms with van der Waals surface area (Å²) in [7, 11) is 0. The molecule has 0 aromatic rings. The summed E-state index contributed by atoms with van der Waals surface area (Å²) in [6, 6.07) is 0. The first-order chi connectivity index (χ1) is 7.54. The van der Waals surface area contributed by atoms with Crippen LogP contribution in [0.1, 0.15) is 34.1 Å². The minimum atomic E-state index is 0. The first-order valence-corrected chi connectivity index (χ1v) is 6.95. The fourth-order valence-electron chi connectivity index (χ4n) is 2.53. The number of rotatable bonds is 1. The number of hydrogen-bond donors (Lipinski definition) is 0. The van der Waals surface area contributed by atoms with E-state index in [0.29, 0.717) is 0 Å². The Morgan fingerprint density at radius 3 is 2.11 bits per heavy atom. The van der Waals surface area contributed by atoms with E-state index in [-0.39, 0.29) is 24.8 Å². The van der Waals surface area contributed by atoms with Crippen molar-refractivity contribution in [2.75, 3.05) is 0 Å². The molecule has 0 atom stereocenters. The predicted octanol–water partition coefficient (Wildman–Crippen LogP) is -1.63. The zero-order valence-corrected chi connectivity index (χ0v) is 15.2. The van der Waals surface area contributed by atoms with Gasteiger partial charge >= 0.3 is 114 Å². The molecule has 0 nitrogen and oxygen atoms in total. The molecule has 0 radical (unpaired) electrons. The van der Waals surface area contributed by atoms with Crippen molar-refractivity contribution in [2.24, 2.45) is 0 Å². The van der Waals surface area contributed by atoms with E-state index in [2.05, 4.69) is 45.9 Å². The van der Waals surface area contributed by atoms with Gasteiger partial charge in [-0.05, 0) is 0 Å². The number of halogens is 2. The van der Waals surface area contributed by atoms with E-state index in [9.17, 15) is 0 Å². The van der Waals surface area contributed by atoms with Crippen molar-refractivity contribution in [2.45, 2.75) is 34.1 Å². The van der Waals surface area contributed by atoms with Crippen LogP contribution in [-0.4, -0.2) is 0 Å². The largest absolute Gasteiger partial charge is 1.00 e. The molecule has 95 valence electrons. The van der Waals surface area contributed by atoms with Gasteiger partial charge in [-0.1, -0.05) is 0 Å². The van der Waals surface area contributed by atoms with Crippen molar-refractivity contribution >= 4 is 0 Å². The fraction of sp³-hybridized carbons (Fsp3) is 0.333. The van der Waals surface area contributed by atoms with Crippen molar-refractivity contribution < 1.29 is 49.5 Å². The second-order valence-corrected chi connectivity index (χ2v) is 5.93. The number of allylic oxidation sites excluding steroid dienone is 10. The molecule has 2 aliphatic rings. The molecule has 0 unspecified atom stereocenters. The normalized spacial score (nSPS) is 17.9. The third-order valence-electron chi connectivity index (χ3n) is 3.40. The average Bonchev–Trinajstić information content (AvgIpc) is 2.76. The maximum absolute atomic E-state index is 2.27. The maximum Gasteiger partial charge on any atom is -1.00 e. The van der Waals surface area contributed by atoms with Crippen LogP contribution in [0.4, 0.5) is 0 Å². The molecule has 2 rings (SSSR count). The van der Waals surface area contributed by atoms with Crippen LogP contribution < -0.4 is 24.8 Å². The molecular formula is C15H17Cl2Zr. The fourth-order valence-corrected chi connectivity index (χ4v) is 4.46. The molecule has 0 amide bonds. The van der Waals surface area contributed by atoms with Gasteiger partial charge in [-0.2, -0.15) is 0 Å². The predicted molar refractivity (Wildman–Crippen MR) is 65.6 cm³/mol. The molecule has 0 saturated carbocycles. The van der Waals surface area contributed by atoms with Gasteiger partial charge in [0.2, 0.25) is 0 Å². The first-order valence-electron chi connectivity index (χ1n) is 5.72. The van der Waals surface area contributed by atoms with Crippen LogP contribution in [-0.2, 0) is 24.7 Å². The molecule has 0 bridgehead atoms. The van der Waals surface area contributed by atoms with Gasteiger partial charge in [0.25, 0.3) is 0 Å². The topological polar surface area (TPSA) is 0 Å². The molecule has 3 heteroatoms. The standard InChI is InChI=1S/C15H17.2ClH.Zr/c1-10(2)14-9-15(12(4)11(14)3)13-7-5-6-8-13;;;/h5-7H,8H2,1-4H3;2*1H;/q;;;+2/p-2. The SMILES string of the molecule is CC(C)=C1C(C)=C(C)C(C2=CC=CC2)=[C]1[Zr+2].[Cl-].[Cl-]. The third kappa shape index (κ3) is 3.01. The van der Waals surface area contributed by atoms with Crippen molar-refractivity contribution in [3.05, 3.63) is 54.9 Å². The van der Waals surface area contributed by atoms with Gasteiger partial charge in [0, 0.05) is 0 Å². The van der Waals surface area contributed by atoms with Crippen LogP contribution in [0.3, 0.4) is 0 Å². The summed E-state index contributed by atoms with van der Waals surface area (Å²) in [5.41, 5.74) is 8.95. The summed E-state index contributed by atoms with van der Waals surface area (Å²) >= 11 is 1.53. The summed E-state index contributed by atoms with van der Waals surface area (Å²) in [6.45, 7) is 8.97. The third-order valence-corrected chi connectivity index (χ3v) is 4.63. The zero-order chi connectivity index (χ0) is 11.9. The minimum absolute atomic E-state index is 0. The zero-order valence-electron chi connectivity index (χ0n) is 11.2. The Hall–Kier alpha value is 0.163. The summed E-state index contributed by atoms with van der Waals surface area (Å²) in [6.07, 6.45) is 7.79. The van der Waals surface area contributed by atoms with Crippen molar-refractivity contribution in [3.63, 3.8) is 0 Å². The average molecular weight is 359 g/mol. The van der Waals surface area contributed by atoms with Crippen LogP contribution in [0, 0.1) is 0 Å². The van der Waals surface area contributed by atoms with E-state index in [1.54, 1.807) is 3.28 Å². The van der Waals surface area contributed by atoms with E-state index < -0.39 is 0 Å². The van der Waals surface area contributed by atoms with E-state index in [0.717, 1.165) is 6.42 Å². The van der Waals surface area contributed by atoms with E-state index in [1.165, 1.54) is 58.2 Å². The van der Waals surface area contributed by atoms with Crippen LogP contribution in [0.2, 0.25) is 0 Å². The van der Waals surface area contributed by atoms with Gasteiger partial charge < -0.3 is 24.8 Å². The summed E-state index contributed by atoms with van der Waals surface area (Å²) in [5.74, 6) is 0. The Bertz CT molecular complexity index is 499. The van der Waals surface area contributed by atoms with Crippen LogP contribution >= 0.6 is 0 Å². The van der Waals surface area contributed by atoms with Gasteiger partial charge in [0.05, 0.1) is 0 Å². The monoisotopic (exact) mass is 357 g/mol. The molecule has 0 aromatic carbocycles. The Balaban J connectivity index is 0.00000144. The number of hydrogen-bond acceptors (Lipinski definition) is 0. The van der Waals surface area contributed by atoms with E-state index in [1.807, 2.05) is 0 Å². The molecule has 2 aliphatic carbocycles. The molecule has 0 aromatic heterocycles. The smallest absolute Gasteiger partial charge is 1.00 e.